The predicted molar refractivity (Wildman–Crippen MR) is 94.1 cm³/mol. The summed E-state index contributed by atoms with van der Waals surface area (Å²) in [6.45, 7) is 6.05. The highest BCUT2D eigenvalue weighted by molar-refractivity contribution is 7.09. The van der Waals surface area contributed by atoms with Crippen molar-refractivity contribution in [3.05, 3.63) is 16.1 Å². The maximum absolute atomic E-state index is 12.0. The topological polar surface area (TPSA) is 71.5 Å². The van der Waals surface area contributed by atoms with Crippen LogP contribution in [-0.4, -0.2) is 55.0 Å². The minimum atomic E-state index is 0.00820. The first-order valence-corrected chi connectivity index (χ1v) is 9.38. The van der Waals surface area contributed by atoms with E-state index in [1.165, 1.54) is 0 Å². The molecule has 1 aliphatic rings. The van der Waals surface area contributed by atoms with Crippen molar-refractivity contribution in [3.8, 4) is 0 Å². The lowest BCUT2D eigenvalue weighted by atomic mass is 9.98. The molecule has 0 saturated carbocycles. The average molecular weight is 353 g/mol. The van der Waals surface area contributed by atoms with Gasteiger partial charge in [-0.05, 0) is 12.8 Å². The molecule has 2 rings (SSSR count). The molecule has 1 aliphatic heterocycles. The summed E-state index contributed by atoms with van der Waals surface area (Å²) >= 11 is 1.66. The van der Waals surface area contributed by atoms with Gasteiger partial charge in [0.25, 0.3) is 0 Å². The number of rotatable bonds is 7. The van der Waals surface area contributed by atoms with Gasteiger partial charge in [-0.2, -0.15) is 0 Å². The second-order valence-electron chi connectivity index (χ2n) is 6.48. The average Bonchev–Trinajstić information content (AvgIpc) is 3.04. The summed E-state index contributed by atoms with van der Waals surface area (Å²) in [4.78, 5) is 30.1. The van der Waals surface area contributed by atoms with E-state index in [4.69, 9.17) is 9.72 Å². The Hall–Kier alpha value is -1.47. The van der Waals surface area contributed by atoms with Crippen LogP contribution in [0.5, 0.6) is 0 Å². The van der Waals surface area contributed by atoms with Gasteiger partial charge in [0.05, 0.1) is 10.7 Å². The highest BCUT2D eigenvalue weighted by Crippen LogP contribution is 2.29. The second-order valence-corrected chi connectivity index (χ2v) is 7.37. The van der Waals surface area contributed by atoms with Crippen LogP contribution >= 0.6 is 11.3 Å². The fourth-order valence-corrected chi connectivity index (χ4v) is 3.75. The molecule has 1 fully saturated rings. The normalized spacial score (nSPS) is 18.0. The quantitative estimate of drug-likeness (QED) is 0.811. The number of likely N-dealkylation sites (tertiary alicyclic amines) is 1. The Morgan fingerprint density at radius 3 is 3.00 bits per heavy atom. The number of hydrogen-bond donors (Lipinski definition) is 1. The third-order valence-corrected chi connectivity index (χ3v) is 5.22. The van der Waals surface area contributed by atoms with E-state index in [1.54, 1.807) is 18.4 Å². The number of nitrogens with one attached hydrogen (secondary N) is 1. The molecule has 1 aromatic rings. The van der Waals surface area contributed by atoms with E-state index in [2.05, 4.69) is 10.7 Å². The number of hydrogen-bond acceptors (Lipinski definition) is 5. The Morgan fingerprint density at radius 2 is 2.29 bits per heavy atom. The maximum atomic E-state index is 12.0. The molecule has 1 unspecified atom stereocenters. The molecule has 134 valence electrons. The Morgan fingerprint density at radius 1 is 1.50 bits per heavy atom. The molecule has 2 amide bonds. The van der Waals surface area contributed by atoms with Crippen molar-refractivity contribution >= 4 is 23.2 Å². The van der Waals surface area contributed by atoms with Gasteiger partial charge in [0.2, 0.25) is 11.8 Å². The molecule has 1 atom stereocenters. The summed E-state index contributed by atoms with van der Waals surface area (Å²) in [7, 11) is 1.55. The molecule has 6 nitrogen and oxygen atoms in total. The van der Waals surface area contributed by atoms with Crippen molar-refractivity contribution in [1.29, 1.82) is 0 Å². The Kier molecular flexibility index (Phi) is 7.17. The van der Waals surface area contributed by atoms with Crippen molar-refractivity contribution in [2.75, 3.05) is 33.4 Å². The Labute approximate surface area is 147 Å². The van der Waals surface area contributed by atoms with Crippen LogP contribution in [0.3, 0.4) is 0 Å². The Balaban J connectivity index is 1.85. The van der Waals surface area contributed by atoms with Gasteiger partial charge < -0.3 is 15.0 Å². The molecule has 0 aromatic carbocycles. The number of ether oxygens (including phenoxy) is 1. The number of carbonyl (C=O) groups excluding carboxylic acids is 2. The third-order valence-electron chi connectivity index (χ3n) is 4.17. The highest BCUT2D eigenvalue weighted by Gasteiger charge is 2.26. The van der Waals surface area contributed by atoms with E-state index in [1.807, 2.05) is 18.7 Å². The lowest BCUT2D eigenvalue weighted by Crippen LogP contribution is -2.40. The van der Waals surface area contributed by atoms with Gasteiger partial charge >= 0.3 is 0 Å². The number of nitrogens with zero attached hydrogens (tertiary/aromatic N) is 2. The zero-order valence-corrected chi connectivity index (χ0v) is 15.5. The lowest BCUT2D eigenvalue weighted by molar-refractivity contribution is -0.136. The molecule has 0 bridgehead atoms. The van der Waals surface area contributed by atoms with Gasteiger partial charge in [-0.3, -0.25) is 9.59 Å². The summed E-state index contributed by atoms with van der Waals surface area (Å²) in [5, 5.41) is 6.07. The highest BCUT2D eigenvalue weighted by atomic mass is 32.1. The van der Waals surface area contributed by atoms with Gasteiger partial charge in [-0.1, -0.05) is 13.8 Å². The van der Waals surface area contributed by atoms with E-state index < -0.39 is 0 Å². The summed E-state index contributed by atoms with van der Waals surface area (Å²) in [6, 6.07) is 0. The predicted octanol–water partition coefficient (Wildman–Crippen LogP) is 1.81. The van der Waals surface area contributed by atoms with Crippen molar-refractivity contribution in [2.24, 2.45) is 5.92 Å². The molecule has 0 radical (unpaired) electrons. The van der Waals surface area contributed by atoms with Crippen molar-refractivity contribution < 1.29 is 14.3 Å². The molecule has 1 aromatic heterocycles. The number of piperidine rings is 1. The zero-order valence-electron chi connectivity index (χ0n) is 14.7. The first kappa shape index (κ1) is 18.9. The van der Waals surface area contributed by atoms with Gasteiger partial charge in [0.15, 0.2) is 0 Å². The van der Waals surface area contributed by atoms with Gasteiger partial charge in [-0.15, -0.1) is 11.3 Å². The fourth-order valence-electron chi connectivity index (χ4n) is 2.76. The van der Waals surface area contributed by atoms with Crippen LogP contribution in [-0.2, 0) is 20.7 Å². The maximum Gasteiger partial charge on any atom is 0.248 e. The van der Waals surface area contributed by atoms with E-state index in [9.17, 15) is 9.59 Å². The van der Waals surface area contributed by atoms with Crippen LogP contribution in [0.4, 0.5) is 0 Å². The van der Waals surface area contributed by atoms with Crippen LogP contribution in [0, 0.1) is 5.92 Å². The summed E-state index contributed by atoms with van der Waals surface area (Å²) in [6.07, 6.45) is 2.81. The first-order chi connectivity index (χ1) is 11.5. The van der Waals surface area contributed by atoms with Crippen LogP contribution in [0.1, 0.15) is 43.3 Å². The van der Waals surface area contributed by atoms with Crippen LogP contribution < -0.4 is 5.32 Å². The summed E-state index contributed by atoms with van der Waals surface area (Å²) < 4.78 is 4.94. The van der Waals surface area contributed by atoms with E-state index in [-0.39, 0.29) is 24.3 Å². The molecule has 7 heteroatoms. The molecule has 2 heterocycles. The zero-order chi connectivity index (χ0) is 17.5. The molecular formula is C17H27N3O3S. The van der Waals surface area contributed by atoms with Crippen LogP contribution in [0.2, 0.25) is 0 Å². The van der Waals surface area contributed by atoms with E-state index >= 15 is 0 Å². The standard InChI is InChI=1S/C17H27N3O3S/c1-12(2)16(22)18-7-6-14-11-24-17(19-14)13-5-4-8-20(9-13)15(21)10-23-3/h11-13H,4-10H2,1-3H3,(H,18,22). The number of thiazole rings is 1. The number of amides is 2. The third kappa shape index (κ3) is 5.27. The van der Waals surface area contributed by atoms with Crippen molar-refractivity contribution in [1.82, 2.24) is 15.2 Å². The van der Waals surface area contributed by atoms with Crippen LogP contribution in [0.25, 0.3) is 0 Å². The molecule has 0 aliphatic carbocycles. The van der Waals surface area contributed by atoms with Gasteiger partial charge in [0, 0.05) is 50.4 Å². The van der Waals surface area contributed by atoms with Gasteiger partial charge in [-0.25, -0.2) is 4.98 Å². The number of carbonyl (C=O) groups is 2. The number of methoxy groups -OCH3 is 1. The number of aromatic nitrogens is 1. The monoisotopic (exact) mass is 353 g/mol. The first-order valence-electron chi connectivity index (χ1n) is 8.50. The summed E-state index contributed by atoms with van der Waals surface area (Å²) in [5.41, 5.74) is 1.01. The molecular weight excluding hydrogens is 326 g/mol. The van der Waals surface area contributed by atoms with E-state index in [0.717, 1.165) is 43.1 Å². The molecule has 24 heavy (non-hydrogen) atoms. The molecule has 0 spiro atoms. The summed E-state index contributed by atoms with van der Waals surface area (Å²) in [5.74, 6) is 0.442. The fraction of sp³-hybridized carbons (Fsp3) is 0.706. The van der Waals surface area contributed by atoms with Crippen molar-refractivity contribution in [2.45, 2.75) is 39.0 Å². The lowest BCUT2D eigenvalue weighted by Gasteiger charge is -2.31. The smallest absolute Gasteiger partial charge is 0.248 e. The second kappa shape index (κ2) is 9.13. The molecule has 1 saturated heterocycles. The minimum Gasteiger partial charge on any atom is -0.375 e. The molecule has 1 N–H and O–H groups in total. The van der Waals surface area contributed by atoms with Crippen molar-refractivity contribution in [3.63, 3.8) is 0 Å². The Bertz CT molecular complexity index is 559. The largest absolute Gasteiger partial charge is 0.375 e. The van der Waals surface area contributed by atoms with Gasteiger partial charge in [0.1, 0.15) is 6.61 Å². The van der Waals surface area contributed by atoms with Crippen LogP contribution in [0.15, 0.2) is 5.38 Å². The SMILES string of the molecule is COCC(=O)N1CCCC(c2nc(CCNC(=O)C(C)C)cs2)C1. The van der Waals surface area contributed by atoms with E-state index in [0.29, 0.717) is 12.5 Å². The minimum absolute atomic E-state index is 0.00820.